The standard InChI is InChI=1S/C25H28F3N3O2S2/c1-16-5-4-10-30(14-16)35(32,33)19-8-9-24-23(12-19)29-25(31(24)18-6-2-3-7-18)34-15-17-11-21(27)22(28)13-20(17)26/h8-9,11-13,16,18H,2-7,10,14-15H2,1H3. The van der Waals surface area contributed by atoms with Crippen molar-refractivity contribution in [3.63, 3.8) is 0 Å². The Balaban J connectivity index is 1.50. The summed E-state index contributed by atoms with van der Waals surface area (Å²) in [7, 11) is -3.63. The quantitative estimate of drug-likeness (QED) is 0.282. The zero-order chi connectivity index (χ0) is 24.7. The second-order valence-corrected chi connectivity index (χ2v) is 12.5. The van der Waals surface area contributed by atoms with Crippen molar-refractivity contribution in [2.45, 2.75) is 67.3 Å². The van der Waals surface area contributed by atoms with Gasteiger partial charge in [-0.15, -0.1) is 0 Å². The molecule has 35 heavy (non-hydrogen) atoms. The molecule has 0 amide bonds. The fraction of sp³-hybridized carbons (Fsp3) is 0.480. The molecule has 0 radical (unpaired) electrons. The highest BCUT2D eigenvalue weighted by Gasteiger charge is 2.30. The Morgan fingerprint density at radius 2 is 1.74 bits per heavy atom. The van der Waals surface area contributed by atoms with Gasteiger partial charge >= 0.3 is 0 Å². The van der Waals surface area contributed by atoms with E-state index >= 15 is 0 Å². The van der Waals surface area contributed by atoms with Crippen molar-refractivity contribution in [3.8, 4) is 0 Å². The van der Waals surface area contributed by atoms with Crippen molar-refractivity contribution in [1.82, 2.24) is 13.9 Å². The molecule has 2 heterocycles. The van der Waals surface area contributed by atoms with Crippen LogP contribution in [0.3, 0.4) is 0 Å². The lowest BCUT2D eigenvalue weighted by molar-refractivity contribution is 0.281. The van der Waals surface area contributed by atoms with Crippen LogP contribution in [0.4, 0.5) is 13.2 Å². The average molecular weight is 524 g/mol. The number of nitrogens with zero attached hydrogens (tertiary/aromatic N) is 3. The molecule has 1 aliphatic carbocycles. The van der Waals surface area contributed by atoms with Gasteiger partial charge < -0.3 is 4.57 Å². The Labute approximate surface area is 207 Å². The van der Waals surface area contributed by atoms with E-state index in [1.54, 1.807) is 16.4 Å². The highest BCUT2D eigenvalue weighted by atomic mass is 32.2. The van der Waals surface area contributed by atoms with E-state index in [2.05, 4.69) is 11.5 Å². The lowest BCUT2D eigenvalue weighted by Gasteiger charge is -2.30. The molecule has 5 nitrogen and oxygen atoms in total. The van der Waals surface area contributed by atoms with Crippen LogP contribution in [0.5, 0.6) is 0 Å². The second kappa shape index (κ2) is 9.78. The molecular weight excluding hydrogens is 495 g/mol. The molecule has 0 N–H and O–H groups in total. The Morgan fingerprint density at radius 1 is 1.00 bits per heavy atom. The van der Waals surface area contributed by atoms with Gasteiger partial charge in [-0.3, -0.25) is 0 Å². The van der Waals surface area contributed by atoms with Crippen LogP contribution in [0.1, 0.15) is 57.1 Å². The Kier molecular flexibility index (Phi) is 6.89. The molecule has 188 valence electrons. The fourth-order valence-electron chi connectivity index (χ4n) is 5.16. The summed E-state index contributed by atoms with van der Waals surface area (Å²) in [6.07, 6.45) is 6.00. The highest BCUT2D eigenvalue weighted by molar-refractivity contribution is 7.98. The van der Waals surface area contributed by atoms with Gasteiger partial charge in [-0.25, -0.2) is 26.6 Å². The van der Waals surface area contributed by atoms with Gasteiger partial charge in [-0.05, 0) is 55.9 Å². The number of hydrogen-bond acceptors (Lipinski definition) is 4. The largest absolute Gasteiger partial charge is 0.316 e. The van der Waals surface area contributed by atoms with Crippen LogP contribution in [-0.4, -0.2) is 35.4 Å². The van der Waals surface area contributed by atoms with Crippen LogP contribution < -0.4 is 0 Å². The molecule has 10 heteroatoms. The van der Waals surface area contributed by atoms with Gasteiger partial charge in [0.1, 0.15) is 5.82 Å². The molecule has 1 unspecified atom stereocenters. The van der Waals surface area contributed by atoms with Crippen molar-refractivity contribution in [1.29, 1.82) is 0 Å². The molecule has 0 bridgehead atoms. The lowest BCUT2D eigenvalue weighted by Crippen LogP contribution is -2.39. The van der Waals surface area contributed by atoms with E-state index in [4.69, 9.17) is 4.98 Å². The molecule has 0 spiro atoms. The number of piperidine rings is 1. The van der Waals surface area contributed by atoms with E-state index < -0.39 is 27.5 Å². The predicted molar refractivity (Wildman–Crippen MR) is 130 cm³/mol. The van der Waals surface area contributed by atoms with Gasteiger partial charge in [0.05, 0.1) is 15.9 Å². The van der Waals surface area contributed by atoms with Crippen molar-refractivity contribution < 1.29 is 21.6 Å². The topological polar surface area (TPSA) is 55.2 Å². The second-order valence-electron chi connectivity index (χ2n) is 9.61. The molecule has 1 aliphatic heterocycles. The molecule has 1 saturated carbocycles. The Bertz CT molecular complexity index is 1350. The van der Waals surface area contributed by atoms with E-state index in [9.17, 15) is 21.6 Å². The summed E-state index contributed by atoms with van der Waals surface area (Å²) in [4.78, 5) is 4.95. The van der Waals surface area contributed by atoms with Crippen LogP contribution in [-0.2, 0) is 15.8 Å². The van der Waals surface area contributed by atoms with Gasteiger partial charge in [0, 0.05) is 36.5 Å². The lowest BCUT2D eigenvalue weighted by atomic mass is 10.0. The number of imidazole rings is 1. The summed E-state index contributed by atoms with van der Waals surface area (Å²) >= 11 is 1.25. The Morgan fingerprint density at radius 3 is 2.49 bits per heavy atom. The molecule has 1 saturated heterocycles. The molecular formula is C25H28F3N3O2S2. The number of fused-ring (bicyclic) bond motifs is 1. The first-order valence-corrected chi connectivity index (χ1v) is 14.4. The maximum absolute atomic E-state index is 14.2. The molecule has 3 aromatic rings. The number of halogens is 3. The molecule has 1 atom stereocenters. The van der Waals surface area contributed by atoms with E-state index in [0.29, 0.717) is 35.7 Å². The molecule has 2 aliphatic rings. The normalized spacial score (nSPS) is 20.2. The number of sulfonamides is 1. The summed E-state index contributed by atoms with van der Waals surface area (Å²) < 4.78 is 71.5. The third kappa shape index (κ3) is 4.84. The minimum atomic E-state index is -3.63. The van der Waals surface area contributed by atoms with Crippen LogP contribution >= 0.6 is 11.8 Å². The SMILES string of the molecule is CC1CCCN(S(=O)(=O)c2ccc3c(c2)nc(SCc2cc(F)c(F)cc2F)n3C2CCCC2)C1. The van der Waals surface area contributed by atoms with E-state index in [1.807, 2.05) is 6.07 Å². The summed E-state index contributed by atoms with van der Waals surface area (Å²) in [6, 6.07) is 6.73. The number of aromatic nitrogens is 2. The summed E-state index contributed by atoms with van der Waals surface area (Å²) in [5.41, 5.74) is 1.45. The molecule has 2 fully saturated rings. The maximum Gasteiger partial charge on any atom is 0.243 e. The van der Waals surface area contributed by atoms with Gasteiger partial charge in [0.2, 0.25) is 10.0 Å². The van der Waals surface area contributed by atoms with E-state index in [0.717, 1.165) is 50.1 Å². The van der Waals surface area contributed by atoms with Gasteiger partial charge in [0.15, 0.2) is 16.8 Å². The highest BCUT2D eigenvalue weighted by Crippen LogP contribution is 2.38. The maximum atomic E-state index is 14.2. The first-order chi connectivity index (χ1) is 16.7. The van der Waals surface area contributed by atoms with Crippen molar-refractivity contribution in [3.05, 3.63) is 53.3 Å². The summed E-state index contributed by atoms with van der Waals surface area (Å²) in [5, 5.41) is 0.622. The van der Waals surface area contributed by atoms with Crippen LogP contribution in [0.2, 0.25) is 0 Å². The van der Waals surface area contributed by atoms with Crippen LogP contribution in [0.25, 0.3) is 11.0 Å². The smallest absolute Gasteiger partial charge is 0.243 e. The number of thioether (sulfide) groups is 1. The van der Waals surface area contributed by atoms with Crippen molar-refractivity contribution in [2.75, 3.05) is 13.1 Å². The zero-order valence-corrected chi connectivity index (χ0v) is 21.1. The number of rotatable bonds is 6. The molecule has 2 aromatic carbocycles. The van der Waals surface area contributed by atoms with Gasteiger partial charge in [-0.2, -0.15) is 4.31 Å². The third-order valence-electron chi connectivity index (χ3n) is 7.02. The van der Waals surface area contributed by atoms with Crippen molar-refractivity contribution in [2.24, 2.45) is 5.92 Å². The molecule has 1 aromatic heterocycles. The van der Waals surface area contributed by atoms with E-state index in [-0.39, 0.29) is 22.3 Å². The van der Waals surface area contributed by atoms with E-state index in [1.165, 1.54) is 11.8 Å². The fourth-order valence-corrected chi connectivity index (χ4v) is 7.84. The van der Waals surface area contributed by atoms with Gasteiger partial charge in [0.25, 0.3) is 0 Å². The average Bonchev–Trinajstić information content (AvgIpc) is 3.47. The predicted octanol–water partition coefficient (Wildman–Crippen LogP) is 6.28. The minimum Gasteiger partial charge on any atom is -0.316 e. The van der Waals surface area contributed by atoms with Crippen molar-refractivity contribution >= 4 is 32.8 Å². The minimum absolute atomic E-state index is 0.0569. The summed E-state index contributed by atoms with van der Waals surface area (Å²) in [6.45, 7) is 3.09. The first kappa shape index (κ1) is 24.6. The summed E-state index contributed by atoms with van der Waals surface area (Å²) in [5.74, 6) is -2.71. The number of benzene rings is 2. The zero-order valence-electron chi connectivity index (χ0n) is 19.5. The first-order valence-electron chi connectivity index (χ1n) is 12.0. The van der Waals surface area contributed by atoms with Crippen LogP contribution in [0.15, 0.2) is 40.4 Å². The number of hydrogen-bond donors (Lipinski definition) is 0. The molecule has 5 rings (SSSR count). The third-order valence-corrected chi connectivity index (χ3v) is 9.88. The monoisotopic (exact) mass is 523 g/mol. The van der Waals surface area contributed by atoms with Crippen LogP contribution in [0, 0.1) is 23.4 Å². The van der Waals surface area contributed by atoms with Gasteiger partial charge in [-0.1, -0.05) is 31.5 Å². The Hall–Kier alpha value is -2.04.